The molecule has 38 heavy (non-hydrogen) atoms. The van der Waals surface area contributed by atoms with Crippen molar-refractivity contribution in [1.29, 1.82) is 0 Å². The first-order valence-electron chi connectivity index (χ1n) is 13.0. The average Bonchev–Trinajstić information content (AvgIpc) is 3.56. The number of aromatic nitrogens is 6. The number of H-pyrrole nitrogens is 2. The maximum absolute atomic E-state index is 12.9. The fraction of sp³-hybridized carbons (Fsp3) is 0.407. The quantitative estimate of drug-likeness (QED) is 0.227. The van der Waals surface area contributed by atoms with Crippen LogP contribution < -0.4 is 16.8 Å². The molecular formula is C27H33N9O2. The summed E-state index contributed by atoms with van der Waals surface area (Å²) in [5, 5.41) is 10.8. The van der Waals surface area contributed by atoms with Crippen LogP contribution in [-0.2, 0) is 16.1 Å². The second-order valence-electron chi connectivity index (χ2n) is 10.1. The second-order valence-corrected chi connectivity index (χ2v) is 10.1. The summed E-state index contributed by atoms with van der Waals surface area (Å²) in [6.45, 7) is 2.16. The molecule has 0 aliphatic heterocycles. The van der Waals surface area contributed by atoms with Crippen molar-refractivity contribution in [3.63, 3.8) is 0 Å². The number of carbonyl (C=O) groups excluding carboxylic acids is 2. The van der Waals surface area contributed by atoms with Crippen molar-refractivity contribution < 1.29 is 9.59 Å². The van der Waals surface area contributed by atoms with Gasteiger partial charge in [-0.15, -0.1) is 0 Å². The fourth-order valence-electron chi connectivity index (χ4n) is 5.56. The van der Waals surface area contributed by atoms with Gasteiger partial charge in [-0.3, -0.25) is 24.7 Å². The Balaban J connectivity index is 1.37. The van der Waals surface area contributed by atoms with Crippen LogP contribution in [-0.4, -0.2) is 41.9 Å². The minimum atomic E-state index is -0.752. The SMILES string of the molecule is Cc1cnc(CNC(=O)CC[C@H](c2ncc(-c3ccc4c(N)n[nH]c4c3)[nH]2)C2(C(N)=O)CCCCC2)cn1. The summed E-state index contributed by atoms with van der Waals surface area (Å²) in [6.07, 6.45) is 10.0. The molecule has 11 nitrogen and oxygen atoms in total. The van der Waals surface area contributed by atoms with Crippen LogP contribution in [0, 0.1) is 12.3 Å². The lowest BCUT2D eigenvalue weighted by Crippen LogP contribution is -2.44. The van der Waals surface area contributed by atoms with Gasteiger partial charge in [0.2, 0.25) is 11.8 Å². The van der Waals surface area contributed by atoms with E-state index in [4.69, 9.17) is 16.5 Å². The van der Waals surface area contributed by atoms with Gasteiger partial charge in [0, 0.05) is 29.5 Å². The van der Waals surface area contributed by atoms with E-state index < -0.39 is 5.41 Å². The standard InChI is InChI=1S/C27H33N9O2/c1-16-12-31-18(13-30-16)14-32-23(37)8-7-20(27(26(29)38)9-3-2-4-10-27)25-33-15-22(34-25)17-5-6-19-21(11-17)35-36-24(19)28/h5-6,11-13,15,20H,2-4,7-10,14H2,1H3,(H2,29,38)(H,32,37)(H,33,34)(H3,28,35,36)/t20-/m1/s1. The number of hydrogen-bond donors (Lipinski definition) is 5. The Morgan fingerprint density at radius 3 is 2.66 bits per heavy atom. The number of nitrogens with zero attached hydrogens (tertiary/aromatic N) is 4. The molecule has 1 fully saturated rings. The van der Waals surface area contributed by atoms with E-state index in [1.807, 2.05) is 25.1 Å². The van der Waals surface area contributed by atoms with Gasteiger partial charge in [-0.1, -0.05) is 25.3 Å². The van der Waals surface area contributed by atoms with Gasteiger partial charge in [0.25, 0.3) is 0 Å². The molecule has 1 atom stereocenters. The molecule has 198 valence electrons. The number of hydrogen-bond acceptors (Lipinski definition) is 7. The minimum absolute atomic E-state index is 0.123. The summed E-state index contributed by atoms with van der Waals surface area (Å²) in [6, 6.07) is 5.82. The normalized spacial score (nSPS) is 15.8. The number of nitrogen functional groups attached to an aromatic ring is 1. The number of primary amides is 1. The van der Waals surface area contributed by atoms with E-state index in [9.17, 15) is 9.59 Å². The van der Waals surface area contributed by atoms with Gasteiger partial charge >= 0.3 is 0 Å². The Hall–Kier alpha value is -4.28. The van der Waals surface area contributed by atoms with Crippen molar-refractivity contribution in [2.24, 2.45) is 11.1 Å². The molecule has 1 saturated carbocycles. The maximum atomic E-state index is 12.9. The Bertz CT molecular complexity index is 1430. The van der Waals surface area contributed by atoms with Gasteiger partial charge in [-0.25, -0.2) is 4.98 Å². The number of imidazole rings is 1. The predicted octanol–water partition coefficient (Wildman–Crippen LogP) is 3.25. The molecule has 1 aliphatic rings. The Kier molecular flexibility index (Phi) is 7.08. The van der Waals surface area contributed by atoms with Crippen LogP contribution in [0.15, 0.2) is 36.8 Å². The van der Waals surface area contributed by atoms with Crippen molar-refractivity contribution in [2.75, 3.05) is 5.73 Å². The third-order valence-corrected chi connectivity index (χ3v) is 7.69. The van der Waals surface area contributed by atoms with Crippen LogP contribution in [0.2, 0.25) is 0 Å². The molecule has 1 aliphatic carbocycles. The summed E-state index contributed by atoms with van der Waals surface area (Å²) in [5.74, 6) is 0.352. The number of aromatic amines is 2. The molecule has 0 spiro atoms. The lowest BCUT2D eigenvalue weighted by Gasteiger charge is -2.40. The molecule has 0 unspecified atom stereocenters. The van der Waals surface area contributed by atoms with Crippen molar-refractivity contribution in [2.45, 2.75) is 64.3 Å². The molecule has 1 aromatic carbocycles. The maximum Gasteiger partial charge on any atom is 0.224 e. The van der Waals surface area contributed by atoms with E-state index in [1.54, 1.807) is 18.6 Å². The molecule has 0 bridgehead atoms. The second kappa shape index (κ2) is 10.6. The predicted molar refractivity (Wildman–Crippen MR) is 143 cm³/mol. The van der Waals surface area contributed by atoms with Gasteiger partial charge in [0.05, 0.1) is 47.0 Å². The third kappa shape index (κ3) is 5.09. The molecule has 11 heteroatoms. The summed E-state index contributed by atoms with van der Waals surface area (Å²) in [5.41, 5.74) is 15.3. The summed E-state index contributed by atoms with van der Waals surface area (Å²) >= 11 is 0. The van der Waals surface area contributed by atoms with Crippen LogP contribution in [0.1, 0.15) is 68.1 Å². The van der Waals surface area contributed by atoms with Crippen LogP contribution in [0.5, 0.6) is 0 Å². The molecule has 0 radical (unpaired) electrons. The first-order chi connectivity index (χ1) is 18.4. The number of nitrogens with one attached hydrogen (secondary N) is 3. The van der Waals surface area contributed by atoms with E-state index in [1.165, 1.54) is 0 Å². The molecular weight excluding hydrogens is 482 g/mol. The smallest absolute Gasteiger partial charge is 0.224 e. The highest BCUT2D eigenvalue weighted by atomic mass is 16.2. The number of anilines is 1. The van der Waals surface area contributed by atoms with E-state index in [2.05, 4.69) is 30.5 Å². The fourth-order valence-corrected chi connectivity index (χ4v) is 5.56. The largest absolute Gasteiger partial charge is 0.382 e. The topological polar surface area (TPSA) is 181 Å². The van der Waals surface area contributed by atoms with Crippen molar-refractivity contribution in [1.82, 2.24) is 35.5 Å². The molecule has 2 amide bonds. The average molecular weight is 516 g/mol. The number of rotatable bonds is 9. The van der Waals surface area contributed by atoms with E-state index in [0.717, 1.165) is 47.1 Å². The van der Waals surface area contributed by atoms with Gasteiger partial charge < -0.3 is 21.8 Å². The summed E-state index contributed by atoms with van der Waals surface area (Å²) in [4.78, 5) is 42.4. The number of nitrogens with two attached hydrogens (primary N) is 2. The lowest BCUT2D eigenvalue weighted by molar-refractivity contribution is -0.132. The number of aryl methyl sites for hydroxylation is 1. The highest BCUT2D eigenvalue weighted by Gasteiger charge is 2.46. The van der Waals surface area contributed by atoms with Crippen molar-refractivity contribution in [3.05, 3.63) is 54.0 Å². The van der Waals surface area contributed by atoms with E-state index in [-0.39, 0.29) is 24.2 Å². The Labute approximate surface area is 220 Å². The number of benzene rings is 1. The highest BCUT2D eigenvalue weighted by Crippen LogP contribution is 2.49. The van der Waals surface area contributed by atoms with E-state index in [0.29, 0.717) is 43.1 Å². The van der Waals surface area contributed by atoms with Crippen LogP contribution in [0.25, 0.3) is 22.2 Å². The molecule has 0 saturated heterocycles. The molecule has 5 rings (SSSR count). The first-order valence-corrected chi connectivity index (χ1v) is 13.0. The zero-order valence-electron chi connectivity index (χ0n) is 21.5. The van der Waals surface area contributed by atoms with Gasteiger partial charge in [-0.05, 0) is 38.3 Å². The Morgan fingerprint density at radius 2 is 1.92 bits per heavy atom. The van der Waals surface area contributed by atoms with Gasteiger partial charge in [0.15, 0.2) is 5.82 Å². The molecule has 4 aromatic rings. The number of carbonyl (C=O) groups is 2. The van der Waals surface area contributed by atoms with Gasteiger partial charge in [0.1, 0.15) is 5.82 Å². The third-order valence-electron chi connectivity index (χ3n) is 7.69. The van der Waals surface area contributed by atoms with Gasteiger partial charge in [-0.2, -0.15) is 5.10 Å². The monoisotopic (exact) mass is 515 g/mol. The lowest BCUT2D eigenvalue weighted by atomic mass is 9.63. The number of fused-ring (bicyclic) bond motifs is 1. The van der Waals surface area contributed by atoms with Crippen LogP contribution >= 0.6 is 0 Å². The summed E-state index contributed by atoms with van der Waals surface area (Å²) in [7, 11) is 0. The zero-order valence-corrected chi connectivity index (χ0v) is 21.5. The first kappa shape index (κ1) is 25.4. The van der Waals surface area contributed by atoms with E-state index >= 15 is 0 Å². The molecule has 3 heterocycles. The zero-order chi connectivity index (χ0) is 26.7. The molecule has 3 aromatic heterocycles. The number of amides is 2. The highest BCUT2D eigenvalue weighted by molar-refractivity contribution is 5.91. The molecule has 7 N–H and O–H groups in total. The van der Waals surface area contributed by atoms with Crippen molar-refractivity contribution >= 4 is 28.5 Å². The van der Waals surface area contributed by atoms with Crippen LogP contribution in [0.3, 0.4) is 0 Å². The van der Waals surface area contributed by atoms with Crippen molar-refractivity contribution in [3.8, 4) is 11.3 Å². The Morgan fingerprint density at radius 1 is 1.11 bits per heavy atom. The summed E-state index contributed by atoms with van der Waals surface area (Å²) < 4.78 is 0. The minimum Gasteiger partial charge on any atom is -0.382 e. The van der Waals surface area contributed by atoms with Crippen LogP contribution in [0.4, 0.5) is 5.82 Å².